The van der Waals surface area contributed by atoms with Crippen molar-refractivity contribution in [3.8, 4) is 28.7 Å². The molecule has 0 bridgehead atoms. The number of phenolic OH excluding ortho intramolecular Hbond substituents is 5. The van der Waals surface area contributed by atoms with E-state index in [1.807, 2.05) is 0 Å². The Morgan fingerprint density at radius 2 is 1.27 bits per heavy atom. The molecule has 5 heteroatoms. The minimum atomic E-state index is -0.687. The Morgan fingerprint density at radius 1 is 0.600 bits per heavy atom. The molecule has 2 aromatic rings. The Labute approximate surface area is 84.1 Å². The van der Waals surface area contributed by atoms with Crippen LogP contribution in [0, 0.1) is 0 Å². The molecule has 0 radical (unpaired) electrons. The summed E-state index contributed by atoms with van der Waals surface area (Å²) in [5.41, 5.74) is 0. The second-order valence-corrected chi connectivity index (χ2v) is 3.15. The van der Waals surface area contributed by atoms with Gasteiger partial charge in [-0.15, -0.1) is 0 Å². The van der Waals surface area contributed by atoms with Crippen molar-refractivity contribution in [2.45, 2.75) is 0 Å². The molecule has 0 atom stereocenters. The summed E-state index contributed by atoms with van der Waals surface area (Å²) in [4.78, 5) is 0. The highest BCUT2D eigenvalue weighted by atomic mass is 16.3. The summed E-state index contributed by atoms with van der Waals surface area (Å²) in [6, 6.07) is 3.33. The van der Waals surface area contributed by atoms with Gasteiger partial charge < -0.3 is 25.5 Å². The lowest BCUT2D eigenvalue weighted by Gasteiger charge is -2.07. The number of phenols is 5. The van der Waals surface area contributed by atoms with Crippen molar-refractivity contribution in [2.75, 3.05) is 0 Å². The first-order valence-electron chi connectivity index (χ1n) is 4.10. The van der Waals surface area contributed by atoms with E-state index >= 15 is 0 Å². The number of hydrogen-bond donors (Lipinski definition) is 5. The van der Waals surface area contributed by atoms with Gasteiger partial charge in [0, 0.05) is 16.8 Å². The third kappa shape index (κ3) is 1.25. The predicted octanol–water partition coefficient (Wildman–Crippen LogP) is 1.37. The molecule has 0 saturated heterocycles. The molecular weight excluding hydrogens is 200 g/mol. The summed E-state index contributed by atoms with van der Waals surface area (Å²) >= 11 is 0. The summed E-state index contributed by atoms with van der Waals surface area (Å²) in [5, 5.41) is 46.7. The molecule has 0 amide bonds. The van der Waals surface area contributed by atoms with Gasteiger partial charge in [0.2, 0.25) is 5.75 Å². The molecule has 15 heavy (non-hydrogen) atoms. The van der Waals surface area contributed by atoms with Gasteiger partial charge in [-0.05, 0) is 12.1 Å². The number of fused-ring (bicyclic) bond motifs is 1. The van der Waals surface area contributed by atoms with Gasteiger partial charge in [0.1, 0.15) is 11.5 Å². The van der Waals surface area contributed by atoms with E-state index in [0.29, 0.717) is 0 Å². The van der Waals surface area contributed by atoms with Gasteiger partial charge in [-0.1, -0.05) is 0 Å². The van der Waals surface area contributed by atoms with E-state index in [0.717, 1.165) is 12.1 Å². The predicted molar refractivity (Wildman–Crippen MR) is 52.3 cm³/mol. The lowest BCUT2D eigenvalue weighted by Crippen LogP contribution is -1.78. The van der Waals surface area contributed by atoms with Crippen LogP contribution in [0.4, 0.5) is 0 Å². The Kier molecular flexibility index (Phi) is 1.76. The van der Waals surface area contributed by atoms with Gasteiger partial charge in [-0.25, -0.2) is 0 Å². The fraction of sp³-hybridized carbons (Fsp3) is 0. The summed E-state index contributed by atoms with van der Waals surface area (Å²) in [6.07, 6.45) is 0. The zero-order valence-electron chi connectivity index (χ0n) is 7.47. The Morgan fingerprint density at radius 3 is 1.93 bits per heavy atom. The molecular formula is C10H8O5. The molecule has 5 nitrogen and oxygen atoms in total. The van der Waals surface area contributed by atoms with E-state index < -0.39 is 17.2 Å². The molecule has 0 saturated carbocycles. The number of aromatic hydroxyl groups is 5. The van der Waals surface area contributed by atoms with Crippen LogP contribution >= 0.6 is 0 Å². The minimum Gasteiger partial charge on any atom is -0.508 e. The van der Waals surface area contributed by atoms with E-state index in [1.54, 1.807) is 0 Å². The average Bonchev–Trinajstić information content (AvgIpc) is 2.17. The molecule has 5 N–H and O–H groups in total. The second kappa shape index (κ2) is 2.84. The maximum atomic E-state index is 9.46. The Balaban J connectivity index is 2.98. The van der Waals surface area contributed by atoms with Crippen LogP contribution in [-0.2, 0) is 0 Å². The molecule has 0 heterocycles. The van der Waals surface area contributed by atoms with Gasteiger partial charge in [-0.3, -0.25) is 0 Å². The molecule has 0 aliphatic rings. The van der Waals surface area contributed by atoms with Crippen LogP contribution in [0.1, 0.15) is 0 Å². The van der Waals surface area contributed by atoms with E-state index in [-0.39, 0.29) is 22.3 Å². The summed E-state index contributed by atoms with van der Waals surface area (Å²) < 4.78 is 0. The van der Waals surface area contributed by atoms with Crippen LogP contribution in [0.25, 0.3) is 10.8 Å². The van der Waals surface area contributed by atoms with E-state index in [1.165, 1.54) is 6.07 Å². The van der Waals surface area contributed by atoms with Crippen LogP contribution in [0.3, 0.4) is 0 Å². The van der Waals surface area contributed by atoms with Gasteiger partial charge in [0.25, 0.3) is 0 Å². The van der Waals surface area contributed by atoms with Crippen LogP contribution in [0.15, 0.2) is 18.2 Å². The molecule has 0 unspecified atom stereocenters. The second-order valence-electron chi connectivity index (χ2n) is 3.15. The number of rotatable bonds is 0. The highest BCUT2D eigenvalue weighted by Crippen LogP contribution is 2.44. The van der Waals surface area contributed by atoms with E-state index in [2.05, 4.69) is 0 Å². The maximum Gasteiger partial charge on any atom is 0.200 e. The van der Waals surface area contributed by atoms with Crippen molar-refractivity contribution in [3.05, 3.63) is 18.2 Å². The zero-order valence-corrected chi connectivity index (χ0v) is 7.47. The molecule has 0 spiro atoms. The lowest BCUT2D eigenvalue weighted by atomic mass is 10.1. The smallest absolute Gasteiger partial charge is 0.200 e. The largest absolute Gasteiger partial charge is 0.508 e. The van der Waals surface area contributed by atoms with Crippen molar-refractivity contribution >= 4 is 10.8 Å². The lowest BCUT2D eigenvalue weighted by molar-refractivity contribution is 0.370. The number of benzene rings is 2. The highest BCUT2D eigenvalue weighted by molar-refractivity contribution is 5.97. The summed E-state index contributed by atoms with van der Waals surface area (Å²) in [5.74, 6) is -2.36. The minimum absolute atomic E-state index is 0.0581. The monoisotopic (exact) mass is 208 g/mol. The maximum absolute atomic E-state index is 9.46. The summed E-state index contributed by atoms with van der Waals surface area (Å²) in [6.45, 7) is 0. The highest BCUT2D eigenvalue weighted by Gasteiger charge is 2.14. The van der Waals surface area contributed by atoms with Crippen molar-refractivity contribution in [1.29, 1.82) is 0 Å². The van der Waals surface area contributed by atoms with Gasteiger partial charge in [-0.2, -0.15) is 0 Å². The van der Waals surface area contributed by atoms with Gasteiger partial charge >= 0.3 is 0 Å². The molecule has 78 valence electrons. The molecule has 0 fully saturated rings. The first-order valence-corrected chi connectivity index (χ1v) is 4.10. The van der Waals surface area contributed by atoms with Gasteiger partial charge in [0.05, 0.1) is 0 Å². The standard InChI is InChI=1S/C10H8O5/c11-4-1-6-5(7(12)2-4)3-8(13)10(15)9(6)14/h1-3,11-15H. The Bertz CT molecular complexity index is 547. The van der Waals surface area contributed by atoms with E-state index in [4.69, 9.17) is 0 Å². The third-order valence-electron chi connectivity index (χ3n) is 2.15. The fourth-order valence-corrected chi connectivity index (χ4v) is 1.42. The topological polar surface area (TPSA) is 101 Å². The SMILES string of the molecule is Oc1cc(O)c2cc(O)c(O)c(O)c2c1. The van der Waals surface area contributed by atoms with Crippen LogP contribution < -0.4 is 0 Å². The van der Waals surface area contributed by atoms with Crippen LogP contribution in [0.5, 0.6) is 28.7 Å². The molecule has 2 aromatic carbocycles. The first kappa shape index (κ1) is 9.26. The molecule has 0 aliphatic heterocycles. The van der Waals surface area contributed by atoms with Crippen molar-refractivity contribution in [1.82, 2.24) is 0 Å². The molecule has 0 aromatic heterocycles. The van der Waals surface area contributed by atoms with Crippen LogP contribution in [-0.4, -0.2) is 25.5 Å². The normalized spacial score (nSPS) is 10.7. The third-order valence-corrected chi connectivity index (χ3v) is 2.15. The van der Waals surface area contributed by atoms with Crippen molar-refractivity contribution in [3.63, 3.8) is 0 Å². The quantitative estimate of drug-likeness (QED) is 0.421. The number of hydrogen-bond acceptors (Lipinski definition) is 5. The van der Waals surface area contributed by atoms with E-state index in [9.17, 15) is 25.5 Å². The molecule has 2 rings (SSSR count). The zero-order chi connectivity index (χ0) is 11.2. The Hall–Kier alpha value is -2.30. The van der Waals surface area contributed by atoms with Crippen LogP contribution in [0.2, 0.25) is 0 Å². The fourth-order valence-electron chi connectivity index (χ4n) is 1.42. The average molecular weight is 208 g/mol. The summed E-state index contributed by atoms with van der Waals surface area (Å²) in [7, 11) is 0. The van der Waals surface area contributed by atoms with Crippen molar-refractivity contribution < 1.29 is 25.5 Å². The van der Waals surface area contributed by atoms with Crippen molar-refractivity contribution in [2.24, 2.45) is 0 Å². The van der Waals surface area contributed by atoms with Gasteiger partial charge in [0.15, 0.2) is 11.5 Å². The molecule has 0 aliphatic carbocycles. The first-order chi connectivity index (χ1) is 7.00.